The van der Waals surface area contributed by atoms with Crippen LogP contribution in [-0.2, 0) is 51.3 Å². The number of nitrogens with one attached hydrogen (secondary N) is 1. The molecule has 3 aromatic rings. The monoisotopic (exact) mass is 1070 g/mol. The van der Waals surface area contributed by atoms with Crippen molar-refractivity contribution in [3.05, 3.63) is 46.7 Å². The summed E-state index contributed by atoms with van der Waals surface area (Å²) in [4.78, 5) is 70.5. The van der Waals surface area contributed by atoms with Crippen LogP contribution >= 0.6 is 0 Å². The fraction of sp³-hybridized carbons (Fsp3) is 0.694. The zero-order chi connectivity index (χ0) is 54.9. The molecule has 8 atom stereocenters. The Morgan fingerprint density at radius 1 is 0.681 bits per heavy atom. The predicted octanol–water partition coefficient (Wildman–Crippen LogP) is 7.96. The molecule has 0 saturated carbocycles. The summed E-state index contributed by atoms with van der Waals surface area (Å²) in [6.45, 7) is 43.7. The van der Waals surface area contributed by atoms with Crippen molar-refractivity contribution in [2.75, 3.05) is 13.2 Å². The van der Waals surface area contributed by atoms with E-state index in [0.29, 0.717) is 12.1 Å². The molecule has 2 aliphatic rings. The Morgan fingerprint density at radius 3 is 1.65 bits per heavy atom. The van der Waals surface area contributed by atoms with E-state index >= 15 is 0 Å². The quantitative estimate of drug-likeness (QED) is 0.0674. The first kappa shape index (κ1) is 60.3. The summed E-state index contributed by atoms with van der Waals surface area (Å²) in [5.74, 6) is 0.292. The highest BCUT2D eigenvalue weighted by atomic mass is 28.4. The zero-order valence-electron chi connectivity index (χ0n) is 46.5. The van der Waals surface area contributed by atoms with Gasteiger partial charge in [-0.1, -0.05) is 87.9 Å². The number of amides is 1. The molecule has 0 aromatic carbocycles. The Kier molecular flexibility index (Phi) is 18.7. The molecule has 2 saturated heterocycles. The molecule has 0 bridgehead atoms. The third-order valence-electron chi connectivity index (χ3n) is 14.1. The van der Waals surface area contributed by atoms with E-state index in [1.807, 2.05) is 30.3 Å². The number of aromatic nitrogens is 5. The molecule has 0 radical (unpaired) electrons. The first-order valence-electron chi connectivity index (χ1n) is 24.4. The number of pyridine rings is 1. The molecular formula is C49H82N6O13Si4. The van der Waals surface area contributed by atoms with Gasteiger partial charge >= 0.3 is 17.9 Å². The normalized spacial score (nSPS) is 23.2. The summed E-state index contributed by atoms with van der Waals surface area (Å²) in [6, 6.07) is 1.87. The van der Waals surface area contributed by atoms with Gasteiger partial charge in [-0.2, -0.15) is 0 Å². The summed E-state index contributed by atoms with van der Waals surface area (Å²) < 4.78 is 53.2. The topological polar surface area (TPSA) is 237 Å². The van der Waals surface area contributed by atoms with Gasteiger partial charge < -0.3 is 52.2 Å². The summed E-state index contributed by atoms with van der Waals surface area (Å²) in [5, 5.41) is 0.0643. The van der Waals surface area contributed by atoms with E-state index in [4.69, 9.17) is 42.7 Å². The molecule has 5 heterocycles. The molecule has 3 aromatic heterocycles. The number of rotatable bonds is 14. The average Bonchev–Trinajstić information content (AvgIpc) is 3.98. The third-order valence-corrected chi connectivity index (χ3v) is 28.5. The molecule has 19 nitrogen and oxygen atoms in total. The van der Waals surface area contributed by atoms with E-state index in [0.717, 1.165) is 5.52 Å². The van der Waals surface area contributed by atoms with Crippen molar-refractivity contribution in [2.24, 2.45) is 5.73 Å². The summed E-state index contributed by atoms with van der Waals surface area (Å²) in [7, 11) is -8.41. The second-order valence-corrected chi connectivity index (χ2v) is 43.3. The van der Waals surface area contributed by atoms with Crippen molar-refractivity contribution < 1.29 is 56.1 Å². The minimum absolute atomic E-state index is 0.00639. The largest absolute Gasteiger partial charge is 0.463 e. The molecule has 23 heteroatoms. The molecule has 5 rings (SSSR count). The summed E-state index contributed by atoms with van der Waals surface area (Å²) >= 11 is 0. The average molecular weight is 1080 g/mol. The number of fused-ring (bicyclic) bond motifs is 1. The Hall–Kier alpha value is -4.26. The van der Waals surface area contributed by atoms with Gasteiger partial charge in [-0.15, -0.1) is 5.54 Å². The number of H-pyrrole nitrogens is 1. The molecule has 72 heavy (non-hydrogen) atoms. The maximum atomic E-state index is 12.6. The maximum Gasteiger partial charge on any atom is 0.303 e. The van der Waals surface area contributed by atoms with Crippen LogP contribution in [0, 0.1) is 11.5 Å². The van der Waals surface area contributed by atoms with E-state index < -0.39 is 87.6 Å². The number of nitrogens with zero attached hydrogens (tertiary/aromatic N) is 4. The highest BCUT2D eigenvalue weighted by molar-refractivity contribution is 6.84. The van der Waals surface area contributed by atoms with Crippen LogP contribution in [-0.4, -0.2) is 131 Å². The molecule has 2 fully saturated rings. The fourth-order valence-electron chi connectivity index (χ4n) is 7.07. The van der Waals surface area contributed by atoms with Crippen LogP contribution in [0.4, 0.5) is 0 Å². The summed E-state index contributed by atoms with van der Waals surface area (Å²) in [6.07, 6.45) is -1.15. The number of aromatic amines is 1. The van der Waals surface area contributed by atoms with Crippen molar-refractivity contribution in [3.63, 3.8) is 0 Å². The number of esters is 3. The lowest BCUT2D eigenvalue weighted by Gasteiger charge is -2.44. The lowest BCUT2D eigenvalue weighted by atomic mass is 10.1. The van der Waals surface area contributed by atoms with Gasteiger partial charge in [-0.05, 0) is 60.5 Å². The van der Waals surface area contributed by atoms with E-state index in [9.17, 15) is 24.0 Å². The van der Waals surface area contributed by atoms with Crippen molar-refractivity contribution in [1.29, 1.82) is 0 Å². The number of primary amides is 1. The van der Waals surface area contributed by atoms with E-state index in [2.05, 4.69) is 128 Å². The maximum absolute atomic E-state index is 12.6. The van der Waals surface area contributed by atoms with Crippen molar-refractivity contribution >= 4 is 67.9 Å². The van der Waals surface area contributed by atoms with Gasteiger partial charge in [0.15, 0.2) is 60.8 Å². The van der Waals surface area contributed by atoms with Crippen LogP contribution in [0.3, 0.4) is 0 Å². The predicted molar refractivity (Wildman–Crippen MR) is 284 cm³/mol. The minimum Gasteiger partial charge on any atom is -0.463 e. The molecule has 0 spiro atoms. The Labute approximate surface area is 429 Å². The van der Waals surface area contributed by atoms with Crippen LogP contribution < -0.4 is 11.3 Å². The van der Waals surface area contributed by atoms with Gasteiger partial charge in [-0.25, -0.2) is 9.97 Å². The first-order chi connectivity index (χ1) is 32.7. The van der Waals surface area contributed by atoms with Crippen LogP contribution in [0.2, 0.25) is 74.0 Å². The number of imidazole rings is 2. The minimum atomic E-state index is -2.26. The number of hydrogen-bond acceptors (Lipinski definition) is 15. The number of hydrogen-bond donors (Lipinski definition) is 2. The van der Waals surface area contributed by atoms with Gasteiger partial charge in [0.25, 0.3) is 11.5 Å². The molecule has 1 amide bonds. The fourth-order valence-corrected chi connectivity index (χ4v) is 11.2. The Bertz CT molecular complexity index is 2550. The highest BCUT2D eigenvalue weighted by Gasteiger charge is 2.56. The zero-order valence-corrected chi connectivity index (χ0v) is 50.5. The van der Waals surface area contributed by atoms with E-state index in [-0.39, 0.29) is 57.0 Å². The molecule has 0 aliphatic carbocycles. The summed E-state index contributed by atoms with van der Waals surface area (Å²) in [5.41, 5.74) is 9.58. The van der Waals surface area contributed by atoms with Crippen LogP contribution in [0.5, 0.6) is 0 Å². The van der Waals surface area contributed by atoms with E-state index in [1.165, 1.54) is 31.7 Å². The standard InChI is InChI=1S/C29H55N3O5Si3.C20H27N3O8Si/c1-27(2,3)38(10,11)34-18-21-23(36-39(12,13)28(4,5)6)24(37-40(14,15)29(7,8)9)26(35-21)32-19-31-22-20(32)16-17-30-25(22)33;1-11(24)28-9-15-17(29-12(2)25)18(30-13(3)26)20(31-15)23-10-22-16(19(21)27)14(23)7-8-32(4,5)6/h16-17,19,21,23-24,26H,18H2,1-15H3,(H,30,33);10,15,17-18,20H,9H2,1-6H3,(H2,21,27). The molecule has 3 N–H and O–H groups in total. The number of carbonyl (C=O) groups is 4. The lowest BCUT2D eigenvalue weighted by molar-refractivity contribution is -0.166. The van der Waals surface area contributed by atoms with Gasteiger partial charge in [-0.3, -0.25) is 28.5 Å². The van der Waals surface area contributed by atoms with Gasteiger partial charge in [0.1, 0.15) is 44.8 Å². The van der Waals surface area contributed by atoms with Crippen LogP contribution in [0.15, 0.2) is 29.7 Å². The number of carbonyl (C=O) groups excluding carboxylic acids is 4. The van der Waals surface area contributed by atoms with Gasteiger partial charge in [0.2, 0.25) is 0 Å². The molecule has 8 unspecified atom stereocenters. The Balaban J connectivity index is 0.000000321. The van der Waals surface area contributed by atoms with Crippen LogP contribution in [0.25, 0.3) is 11.0 Å². The molecule has 2 aliphatic heterocycles. The van der Waals surface area contributed by atoms with E-state index in [1.54, 1.807) is 12.5 Å². The SMILES string of the molecule is CC(=O)OCC1OC(n2cnc(C(N)=O)c2C#C[Si](C)(C)C)C(OC(C)=O)C1OC(C)=O.CC(C)(C)[Si](C)(C)OCC1OC(n2cnc3c(=O)[nH]ccc32)C(O[Si](C)(C)C(C)(C)C)C1O[Si](C)(C)C(C)(C)C. The highest BCUT2D eigenvalue weighted by Crippen LogP contribution is 2.47. The van der Waals surface area contributed by atoms with Crippen molar-refractivity contribution in [3.8, 4) is 11.5 Å². The smallest absolute Gasteiger partial charge is 0.303 e. The number of nitrogens with two attached hydrogens (primary N) is 1. The molecule has 402 valence electrons. The van der Waals surface area contributed by atoms with Gasteiger partial charge in [0, 0.05) is 27.0 Å². The molecular weight excluding hydrogens is 993 g/mol. The first-order valence-corrected chi connectivity index (χ1v) is 36.6. The second-order valence-electron chi connectivity index (χ2n) is 24.2. The number of ether oxygens (including phenoxy) is 5. The van der Waals surface area contributed by atoms with Crippen molar-refractivity contribution in [2.45, 2.75) is 206 Å². The Morgan fingerprint density at radius 2 is 1.17 bits per heavy atom. The second kappa shape index (κ2) is 22.3. The van der Waals surface area contributed by atoms with Gasteiger partial charge in [0.05, 0.1) is 24.8 Å². The van der Waals surface area contributed by atoms with Crippen molar-refractivity contribution in [1.82, 2.24) is 24.1 Å². The third kappa shape index (κ3) is 14.5. The van der Waals surface area contributed by atoms with Crippen LogP contribution in [0.1, 0.15) is 112 Å². The lowest BCUT2D eigenvalue weighted by Crippen LogP contribution is -2.54.